The first-order chi connectivity index (χ1) is 25.7. The molecule has 0 unspecified atom stereocenters. The third kappa shape index (κ3) is 4.81. The number of nitrogens with zero attached hydrogens (tertiary/aromatic N) is 3. The van der Waals surface area contributed by atoms with Gasteiger partial charge in [0.15, 0.2) is 0 Å². The van der Waals surface area contributed by atoms with Gasteiger partial charge >= 0.3 is 0 Å². The van der Waals surface area contributed by atoms with Gasteiger partial charge in [-0.2, -0.15) is 5.26 Å². The standard InChI is InChI=1S/C49H31N3/c50-32-33-16-18-35(19-17-33)37-21-25-47-43(29-37)45-31-39(23-27-49(45)52(47)41-14-8-3-9-15-41)38-22-26-48-44(30-38)42-28-36(34-10-4-1-5-11-34)20-24-46(42)51(48)40-12-6-2-7-13-40/h1-31H. The zero-order chi connectivity index (χ0) is 34.6. The minimum absolute atomic E-state index is 0.662. The van der Waals surface area contributed by atoms with Gasteiger partial charge in [0.1, 0.15) is 0 Å². The number of para-hydroxylation sites is 2. The van der Waals surface area contributed by atoms with Crippen LogP contribution in [-0.4, -0.2) is 9.13 Å². The highest BCUT2D eigenvalue weighted by Crippen LogP contribution is 2.40. The third-order valence-electron chi connectivity index (χ3n) is 10.3. The highest BCUT2D eigenvalue weighted by molar-refractivity contribution is 6.14. The molecule has 8 aromatic carbocycles. The molecule has 2 heterocycles. The Bertz CT molecular complexity index is 2980. The van der Waals surface area contributed by atoms with Gasteiger partial charge in [0.2, 0.25) is 0 Å². The monoisotopic (exact) mass is 661 g/mol. The molecule has 0 spiro atoms. The minimum atomic E-state index is 0.662. The maximum Gasteiger partial charge on any atom is 0.0991 e. The first-order valence-electron chi connectivity index (χ1n) is 17.6. The van der Waals surface area contributed by atoms with Crippen LogP contribution in [-0.2, 0) is 0 Å². The van der Waals surface area contributed by atoms with E-state index in [-0.39, 0.29) is 0 Å². The van der Waals surface area contributed by atoms with Gasteiger partial charge < -0.3 is 9.13 Å². The van der Waals surface area contributed by atoms with Crippen molar-refractivity contribution in [2.75, 3.05) is 0 Å². The van der Waals surface area contributed by atoms with Crippen LogP contribution in [0.25, 0.3) is 88.4 Å². The summed E-state index contributed by atoms with van der Waals surface area (Å²) >= 11 is 0. The molecule has 2 aromatic heterocycles. The van der Waals surface area contributed by atoms with Gasteiger partial charge in [-0.05, 0) is 118 Å². The molecule has 10 rings (SSSR count). The molecule has 10 aromatic rings. The van der Waals surface area contributed by atoms with Gasteiger partial charge in [-0.1, -0.05) is 103 Å². The van der Waals surface area contributed by atoms with E-state index < -0.39 is 0 Å². The summed E-state index contributed by atoms with van der Waals surface area (Å²) in [5.41, 5.74) is 14.6. The molecule has 52 heavy (non-hydrogen) atoms. The molecule has 3 heteroatoms. The molecule has 0 atom stereocenters. The van der Waals surface area contributed by atoms with Crippen LogP contribution in [0.3, 0.4) is 0 Å². The number of rotatable bonds is 5. The second kappa shape index (κ2) is 12.0. The average Bonchev–Trinajstić information content (AvgIpc) is 3.73. The second-order valence-electron chi connectivity index (χ2n) is 13.3. The van der Waals surface area contributed by atoms with Crippen LogP contribution in [0, 0.1) is 11.3 Å². The molecule has 0 fully saturated rings. The molecular formula is C49H31N3. The molecule has 3 nitrogen and oxygen atoms in total. The molecule has 0 aliphatic rings. The van der Waals surface area contributed by atoms with Crippen LogP contribution in [0.5, 0.6) is 0 Å². The zero-order valence-electron chi connectivity index (χ0n) is 28.2. The number of nitriles is 1. The third-order valence-corrected chi connectivity index (χ3v) is 10.3. The molecule has 0 bridgehead atoms. The number of benzene rings is 8. The van der Waals surface area contributed by atoms with E-state index in [1.54, 1.807) is 0 Å². The van der Waals surface area contributed by atoms with Crippen LogP contribution in [0.1, 0.15) is 5.56 Å². The van der Waals surface area contributed by atoms with Gasteiger partial charge in [0, 0.05) is 32.9 Å². The van der Waals surface area contributed by atoms with E-state index in [0.717, 1.165) is 33.5 Å². The van der Waals surface area contributed by atoms with E-state index in [1.165, 1.54) is 54.8 Å². The van der Waals surface area contributed by atoms with Crippen molar-refractivity contribution < 1.29 is 0 Å². The predicted octanol–water partition coefficient (Wildman–Crippen LogP) is 12.8. The van der Waals surface area contributed by atoms with E-state index in [2.05, 4.69) is 179 Å². The largest absolute Gasteiger partial charge is 0.309 e. The Morgan fingerprint density at radius 3 is 0.981 bits per heavy atom. The fourth-order valence-electron chi connectivity index (χ4n) is 7.84. The number of fused-ring (bicyclic) bond motifs is 6. The van der Waals surface area contributed by atoms with Gasteiger partial charge in [-0.15, -0.1) is 0 Å². The molecule has 0 aliphatic carbocycles. The smallest absolute Gasteiger partial charge is 0.0991 e. The maximum atomic E-state index is 9.36. The van der Waals surface area contributed by atoms with E-state index in [9.17, 15) is 5.26 Å². The average molecular weight is 662 g/mol. The Kier molecular flexibility index (Phi) is 6.87. The molecule has 242 valence electrons. The summed E-state index contributed by atoms with van der Waals surface area (Å²) in [6.07, 6.45) is 0. The molecule has 0 aliphatic heterocycles. The Morgan fingerprint density at radius 1 is 0.308 bits per heavy atom. The lowest BCUT2D eigenvalue weighted by Crippen LogP contribution is -1.93. The van der Waals surface area contributed by atoms with Crippen molar-refractivity contribution in [3.63, 3.8) is 0 Å². The van der Waals surface area contributed by atoms with E-state index in [1.807, 2.05) is 24.3 Å². The first kappa shape index (κ1) is 29.7. The van der Waals surface area contributed by atoms with Gasteiger partial charge in [0.25, 0.3) is 0 Å². The maximum absolute atomic E-state index is 9.36. The summed E-state index contributed by atoms with van der Waals surface area (Å²) in [5, 5.41) is 14.2. The fourth-order valence-corrected chi connectivity index (χ4v) is 7.84. The van der Waals surface area contributed by atoms with Crippen LogP contribution in [0.4, 0.5) is 0 Å². The Labute approximate surface area is 301 Å². The predicted molar refractivity (Wildman–Crippen MR) is 216 cm³/mol. The molecule has 0 saturated carbocycles. The number of hydrogen-bond acceptors (Lipinski definition) is 1. The van der Waals surface area contributed by atoms with E-state index >= 15 is 0 Å². The normalized spacial score (nSPS) is 11.4. The van der Waals surface area contributed by atoms with E-state index in [4.69, 9.17) is 0 Å². The van der Waals surface area contributed by atoms with Crippen LogP contribution < -0.4 is 0 Å². The van der Waals surface area contributed by atoms with Crippen molar-refractivity contribution in [1.29, 1.82) is 5.26 Å². The summed E-state index contributed by atoms with van der Waals surface area (Å²) < 4.78 is 4.74. The Balaban J connectivity index is 1.19. The summed E-state index contributed by atoms with van der Waals surface area (Å²) in [5.74, 6) is 0. The molecule has 0 amide bonds. The van der Waals surface area contributed by atoms with Crippen molar-refractivity contribution in [1.82, 2.24) is 9.13 Å². The Hall–Kier alpha value is -7.15. The van der Waals surface area contributed by atoms with Crippen molar-refractivity contribution in [2.45, 2.75) is 0 Å². The van der Waals surface area contributed by atoms with Crippen molar-refractivity contribution >= 4 is 43.6 Å². The second-order valence-corrected chi connectivity index (χ2v) is 13.3. The summed E-state index contributed by atoms with van der Waals surface area (Å²) in [6.45, 7) is 0. The lowest BCUT2D eigenvalue weighted by atomic mass is 9.98. The fraction of sp³-hybridized carbons (Fsp3) is 0. The van der Waals surface area contributed by atoms with Gasteiger partial charge in [-0.3, -0.25) is 0 Å². The SMILES string of the molecule is N#Cc1ccc(-c2ccc3c(c2)c2cc(-c4ccc5c(c4)c4cc(-c6ccccc6)ccc4n5-c4ccccc4)ccc2n3-c2ccccc2)cc1. The number of aromatic nitrogens is 2. The quantitative estimate of drug-likeness (QED) is 0.181. The Morgan fingerprint density at radius 2 is 0.615 bits per heavy atom. The lowest BCUT2D eigenvalue weighted by molar-refractivity contribution is 1.18. The van der Waals surface area contributed by atoms with Gasteiger partial charge in [0.05, 0.1) is 33.7 Å². The molecule has 0 N–H and O–H groups in total. The lowest BCUT2D eigenvalue weighted by Gasteiger charge is -2.09. The van der Waals surface area contributed by atoms with Crippen LogP contribution in [0.15, 0.2) is 188 Å². The topological polar surface area (TPSA) is 33.6 Å². The van der Waals surface area contributed by atoms with Crippen molar-refractivity contribution in [3.8, 4) is 50.8 Å². The van der Waals surface area contributed by atoms with Crippen molar-refractivity contribution in [2.24, 2.45) is 0 Å². The molecule has 0 saturated heterocycles. The molecule has 0 radical (unpaired) electrons. The van der Waals surface area contributed by atoms with Crippen LogP contribution >= 0.6 is 0 Å². The van der Waals surface area contributed by atoms with Crippen LogP contribution in [0.2, 0.25) is 0 Å². The van der Waals surface area contributed by atoms with Gasteiger partial charge in [-0.25, -0.2) is 0 Å². The molecular weight excluding hydrogens is 631 g/mol. The summed E-state index contributed by atoms with van der Waals surface area (Å²) in [4.78, 5) is 0. The zero-order valence-corrected chi connectivity index (χ0v) is 28.2. The minimum Gasteiger partial charge on any atom is -0.309 e. The van der Waals surface area contributed by atoms with E-state index in [0.29, 0.717) is 5.56 Å². The summed E-state index contributed by atoms with van der Waals surface area (Å²) in [7, 11) is 0. The highest BCUT2D eigenvalue weighted by Gasteiger charge is 2.17. The summed E-state index contributed by atoms with van der Waals surface area (Å²) in [6, 6.07) is 69.3. The highest BCUT2D eigenvalue weighted by atomic mass is 15.0. The number of hydrogen-bond donors (Lipinski definition) is 0. The van der Waals surface area contributed by atoms with Crippen molar-refractivity contribution in [3.05, 3.63) is 194 Å². The first-order valence-corrected chi connectivity index (χ1v) is 17.6.